The molecule has 2 saturated carbocycles. The zero-order chi connectivity index (χ0) is 30.8. The van der Waals surface area contributed by atoms with Crippen LogP contribution in [0.1, 0.15) is 32.7 Å². The maximum absolute atomic E-state index is 15.5. The van der Waals surface area contributed by atoms with Crippen molar-refractivity contribution in [3.05, 3.63) is 52.8 Å². The highest BCUT2D eigenvalue weighted by atomic mass is 19.1. The minimum absolute atomic E-state index is 0.110. The van der Waals surface area contributed by atoms with E-state index >= 15 is 4.39 Å². The molecule has 2 aromatic rings. The molecular formula is C29H28FN3O9. The fraction of sp³-hybridized carbons (Fsp3) is 0.379. The van der Waals surface area contributed by atoms with Gasteiger partial charge in [-0.25, -0.2) is 4.39 Å². The lowest BCUT2D eigenvalue weighted by molar-refractivity contribution is -0.181. The normalized spacial score (nSPS) is 28.6. The van der Waals surface area contributed by atoms with Crippen molar-refractivity contribution in [2.75, 3.05) is 26.5 Å². The quantitative estimate of drug-likeness (QED) is 0.281. The Bertz CT molecular complexity index is 1590. The topological polar surface area (TPSA) is 193 Å². The monoisotopic (exact) mass is 581 g/mol. The number of hydrogen-bond acceptors (Lipinski definition) is 10. The summed E-state index contributed by atoms with van der Waals surface area (Å²) >= 11 is 0. The molecule has 0 aromatic heterocycles. The van der Waals surface area contributed by atoms with Crippen LogP contribution in [-0.4, -0.2) is 82.9 Å². The summed E-state index contributed by atoms with van der Waals surface area (Å²) in [6.45, 7) is 0. The number of primary amides is 1. The number of nitrogens with one attached hydrogen (secondary N) is 1. The minimum atomic E-state index is -2.90. The van der Waals surface area contributed by atoms with Crippen molar-refractivity contribution in [3.63, 3.8) is 0 Å². The van der Waals surface area contributed by atoms with Crippen LogP contribution in [0, 0.1) is 29.5 Å². The van der Waals surface area contributed by atoms with Crippen LogP contribution >= 0.6 is 0 Å². The van der Waals surface area contributed by atoms with E-state index in [-0.39, 0.29) is 24.0 Å². The smallest absolute Gasteiger partial charge is 0.255 e. The molecule has 0 saturated heterocycles. The average molecular weight is 582 g/mol. The Balaban J connectivity index is 1.56. The Kier molecular flexibility index (Phi) is 6.98. The fourth-order valence-electron chi connectivity index (χ4n) is 6.68. The number of phenolic OH excluding ortho intramolecular Hbond substituents is 1. The zero-order valence-electron chi connectivity index (χ0n) is 22.8. The fourth-order valence-corrected chi connectivity index (χ4v) is 6.68. The molecule has 12 nitrogen and oxygen atoms in total. The van der Waals surface area contributed by atoms with Crippen LogP contribution in [0.4, 0.5) is 10.1 Å². The first-order valence-electron chi connectivity index (χ1n) is 13.1. The molecule has 2 amide bonds. The number of Topliss-reactive ketones (excluding diaryl/α,β-unsaturated/α-hetero) is 4. The Labute approximate surface area is 238 Å². The number of phenols is 1. The zero-order valence-corrected chi connectivity index (χ0v) is 22.8. The van der Waals surface area contributed by atoms with Gasteiger partial charge in [-0.3, -0.25) is 33.7 Å². The first-order chi connectivity index (χ1) is 19.7. The number of halogens is 1. The molecule has 0 bridgehead atoms. The van der Waals surface area contributed by atoms with E-state index in [4.69, 9.17) is 10.5 Å². The number of amides is 2. The Hall–Kier alpha value is -4.49. The molecule has 42 heavy (non-hydrogen) atoms. The van der Waals surface area contributed by atoms with Gasteiger partial charge in [0.15, 0.2) is 34.7 Å². The molecule has 5 rings (SSSR count). The number of nitrogens with zero attached hydrogens (tertiary/aromatic N) is 1. The molecule has 0 aliphatic heterocycles. The van der Waals surface area contributed by atoms with Crippen LogP contribution < -0.4 is 15.8 Å². The summed E-state index contributed by atoms with van der Waals surface area (Å²) in [6, 6.07) is 5.58. The first kappa shape index (κ1) is 29.0. The number of methoxy groups -OCH3 is 1. The van der Waals surface area contributed by atoms with Crippen LogP contribution in [0.15, 0.2) is 30.3 Å². The van der Waals surface area contributed by atoms with Crippen LogP contribution in [0.5, 0.6) is 11.5 Å². The lowest BCUT2D eigenvalue weighted by Gasteiger charge is -2.52. The number of aromatic hydroxyl groups is 1. The summed E-state index contributed by atoms with van der Waals surface area (Å²) in [5.74, 6) is -14.1. The molecular weight excluding hydrogens is 553 g/mol. The molecule has 2 aromatic carbocycles. The highest BCUT2D eigenvalue weighted by Crippen LogP contribution is 2.51. The molecule has 0 heterocycles. The molecule has 0 radical (unpaired) electrons. The number of fused-ring (bicyclic) bond motifs is 3. The lowest BCUT2D eigenvalue weighted by atomic mass is 9.52. The van der Waals surface area contributed by atoms with Gasteiger partial charge >= 0.3 is 0 Å². The molecule has 5 N–H and O–H groups in total. The van der Waals surface area contributed by atoms with Gasteiger partial charge in [-0.1, -0.05) is 6.07 Å². The number of rotatable bonds is 5. The summed E-state index contributed by atoms with van der Waals surface area (Å²) in [7, 11) is 4.33. The van der Waals surface area contributed by atoms with Gasteiger partial charge < -0.3 is 26.0 Å². The van der Waals surface area contributed by atoms with E-state index < -0.39 is 93.1 Å². The van der Waals surface area contributed by atoms with Gasteiger partial charge in [-0.15, -0.1) is 0 Å². The van der Waals surface area contributed by atoms with Gasteiger partial charge in [0.05, 0.1) is 30.3 Å². The van der Waals surface area contributed by atoms with Crippen molar-refractivity contribution >= 4 is 40.6 Å². The molecule has 6 atom stereocenters. The third kappa shape index (κ3) is 4.10. The van der Waals surface area contributed by atoms with Crippen LogP contribution in [0.25, 0.3) is 0 Å². The number of likely N-dealkylation sites (N-methyl/N-ethyl adjacent to an activating group) is 1. The third-order valence-electron chi connectivity index (χ3n) is 8.59. The predicted molar refractivity (Wildman–Crippen MR) is 142 cm³/mol. The second-order valence-electron chi connectivity index (χ2n) is 11.1. The van der Waals surface area contributed by atoms with Crippen molar-refractivity contribution < 1.29 is 48.1 Å². The first-order valence-corrected chi connectivity index (χ1v) is 13.1. The summed E-state index contributed by atoms with van der Waals surface area (Å²) in [6.07, 6.45) is -0.451. The number of hydrogen-bond donors (Lipinski definition) is 4. The van der Waals surface area contributed by atoms with E-state index in [1.165, 1.54) is 38.2 Å². The van der Waals surface area contributed by atoms with Crippen molar-refractivity contribution in [3.8, 4) is 11.5 Å². The van der Waals surface area contributed by atoms with E-state index in [1.807, 2.05) is 0 Å². The molecule has 3 aliphatic rings. The minimum Gasteiger partial charge on any atom is -0.505 e. The van der Waals surface area contributed by atoms with Crippen LogP contribution in [0.2, 0.25) is 0 Å². The Morgan fingerprint density at radius 1 is 1.14 bits per heavy atom. The number of nitrogens with two attached hydrogens (primary N) is 1. The van der Waals surface area contributed by atoms with Crippen molar-refractivity contribution in [1.29, 1.82) is 0 Å². The molecule has 3 aliphatic carbocycles. The molecule has 2 unspecified atom stereocenters. The number of benzene rings is 2. The van der Waals surface area contributed by atoms with E-state index in [2.05, 4.69) is 5.32 Å². The summed E-state index contributed by atoms with van der Waals surface area (Å²) in [5, 5.41) is 25.0. The summed E-state index contributed by atoms with van der Waals surface area (Å²) in [5.41, 5.74) is 1.30. The predicted octanol–water partition coefficient (Wildman–Crippen LogP) is 0.267. The maximum Gasteiger partial charge on any atom is 0.255 e. The summed E-state index contributed by atoms with van der Waals surface area (Å²) in [4.78, 5) is 80.4. The second kappa shape index (κ2) is 10.1. The lowest BCUT2D eigenvalue weighted by Crippen LogP contribution is -2.74. The number of aliphatic hydroxyl groups is 1. The van der Waals surface area contributed by atoms with E-state index in [9.17, 15) is 39.0 Å². The number of ether oxygens (including phenoxy) is 1. The van der Waals surface area contributed by atoms with Crippen molar-refractivity contribution in [2.45, 2.75) is 24.5 Å². The second-order valence-corrected chi connectivity index (χ2v) is 11.1. The number of carbonyl (C=O) groups is 6. The SMILES string of the molecule is COc1cccc(C(=O)Nc2cc(F)c3c(c2O)C(=O)C2C(=O)[C@]4(O)C(=O)C(C(N)=O)C(=O)[C@@H](N(C)C)[C@@H]4C[C@@H]2C3)c1. The number of ketones is 4. The Morgan fingerprint density at radius 3 is 2.45 bits per heavy atom. The number of carbonyl (C=O) groups excluding carboxylic acids is 6. The van der Waals surface area contributed by atoms with E-state index in [0.29, 0.717) is 5.75 Å². The third-order valence-corrected chi connectivity index (χ3v) is 8.59. The van der Waals surface area contributed by atoms with Crippen LogP contribution in [-0.2, 0) is 25.6 Å². The standard InChI is InChI=1S/C29H28FN3O9/c1-33(2)21-15-9-12-8-14-16(30)10-17(32-28(40)11-5-4-6-13(7-11)42-3)22(34)19(14)23(35)18(12)25(37)29(15,41)26(38)20(24(21)36)27(31)39/h4-7,10,12,15,18,20-21,34,41H,8-9H2,1-3H3,(H2,31,39)(H,32,40)/t12-,15-,18?,20?,21-,29-/m0/s1. The van der Waals surface area contributed by atoms with Gasteiger partial charge in [-0.2, -0.15) is 0 Å². The molecule has 13 heteroatoms. The molecule has 2 fully saturated rings. The van der Waals surface area contributed by atoms with Crippen LogP contribution in [0.3, 0.4) is 0 Å². The highest BCUT2D eigenvalue weighted by Gasteiger charge is 2.69. The van der Waals surface area contributed by atoms with Gasteiger partial charge in [0.25, 0.3) is 5.91 Å². The van der Waals surface area contributed by atoms with E-state index in [1.54, 1.807) is 12.1 Å². The highest BCUT2D eigenvalue weighted by molar-refractivity contribution is 6.32. The van der Waals surface area contributed by atoms with Gasteiger partial charge in [0, 0.05) is 23.1 Å². The van der Waals surface area contributed by atoms with Gasteiger partial charge in [0.2, 0.25) is 5.91 Å². The van der Waals surface area contributed by atoms with Crippen molar-refractivity contribution in [2.24, 2.45) is 29.4 Å². The van der Waals surface area contributed by atoms with Crippen molar-refractivity contribution in [1.82, 2.24) is 4.90 Å². The largest absolute Gasteiger partial charge is 0.505 e. The van der Waals surface area contributed by atoms with E-state index in [0.717, 1.165) is 6.07 Å². The summed E-state index contributed by atoms with van der Waals surface area (Å²) < 4.78 is 20.5. The Morgan fingerprint density at radius 2 is 1.83 bits per heavy atom. The number of anilines is 1. The molecule has 220 valence electrons. The van der Waals surface area contributed by atoms with Gasteiger partial charge in [-0.05, 0) is 51.1 Å². The average Bonchev–Trinajstić information content (AvgIpc) is 2.93. The van der Waals surface area contributed by atoms with Gasteiger partial charge in [0.1, 0.15) is 17.3 Å². The molecule has 0 spiro atoms. The maximum atomic E-state index is 15.5.